The van der Waals surface area contributed by atoms with Gasteiger partial charge in [0.1, 0.15) is 11.4 Å². The first-order valence-electron chi connectivity index (χ1n) is 12.3. The Balaban J connectivity index is 1.56. The number of nitriles is 1. The summed E-state index contributed by atoms with van der Waals surface area (Å²) in [6.45, 7) is 0.216. The summed E-state index contributed by atoms with van der Waals surface area (Å²) < 4.78 is 29.2. The van der Waals surface area contributed by atoms with Crippen LogP contribution in [-0.2, 0) is 0 Å². The zero-order chi connectivity index (χ0) is 28.4. The molecule has 12 heteroatoms. The molecular weight excluding hydrogens is 520 g/mol. The van der Waals surface area contributed by atoms with Crippen LogP contribution in [0.2, 0.25) is 0 Å². The fourth-order valence-corrected chi connectivity index (χ4v) is 4.76. The third-order valence-corrected chi connectivity index (χ3v) is 6.65. The van der Waals surface area contributed by atoms with Crippen molar-refractivity contribution in [2.24, 2.45) is 5.73 Å². The van der Waals surface area contributed by atoms with E-state index in [-0.39, 0.29) is 24.4 Å². The molecule has 202 valence electrons. The molecule has 4 aromatic rings. The van der Waals surface area contributed by atoms with Gasteiger partial charge in [-0.3, -0.25) is 14.6 Å². The van der Waals surface area contributed by atoms with Gasteiger partial charge in [0.15, 0.2) is 11.6 Å². The third-order valence-electron chi connectivity index (χ3n) is 6.65. The number of pyridine rings is 1. The molecule has 4 N–H and O–H groups in total. The molecule has 0 unspecified atom stereocenters. The molecule has 2 aromatic carbocycles. The van der Waals surface area contributed by atoms with Gasteiger partial charge >= 0.3 is 0 Å². The summed E-state index contributed by atoms with van der Waals surface area (Å²) in [4.78, 5) is 31.7. The second-order valence-electron chi connectivity index (χ2n) is 9.24. The number of halogens is 2. The van der Waals surface area contributed by atoms with E-state index < -0.39 is 28.8 Å². The van der Waals surface area contributed by atoms with Crippen molar-refractivity contribution in [3.63, 3.8) is 0 Å². The standard InChI is InChI=1S/C28H23F2N7O3/c29-21-2-1-3-22(30)27(21)37-26(39)7-6-24(35-37)28(40)34-23-5-4-16(20-13-33-9-8-17(20)12-31)10-25(23)36-14-18(32)11-19(36)15-38/h1-10,13,18-19,38H,11,14-15,32H2,(H,34,40)/t18-,19+/m1/s1. The van der Waals surface area contributed by atoms with Gasteiger partial charge in [0.05, 0.1) is 35.7 Å². The maximum absolute atomic E-state index is 14.4. The van der Waals surface area contributed by atoms with E-state index in [2.05, 4.69) is 21.5 Å². The van der Waals surface area contributed by atoms with E-state index in [1.165, 1.54) is 6.20 Å². The number of hydrogen-bond donors (Lipinski definition) is 3. The number of hydrogen-bond acceptors (Lipinski definition) is 8. The van der Waals surface area contributed by atoms with Gasteiger partial charge < -0.3 is 21.1 Å². The minimum Gasteiger partial charge on any atom is -0.394 e. The summed E-state index contributed by atoms with van der Waals surface area (Å²) in [5.74, 6) is -2.78. The molecule has 2 atom stereocenters. The number of aromatic nitrogens is 3. The van der Waals surface area contributed by atoms with Crippen LogP contribution in [0.25, 0.3) is 16.8 Å². The summed E-state index contributed by atoms with van der Waals surface area (Å²) in [6.07, 6.45) is 3.59. The molecule has 1 aliphatic heterocycles. The van der Waals surface area contributed by atoms with Gasteiger partial charge in [0.2, 0.25) is 0 Å². The summed E-state index contributed by atoms with van der Waals surface area (Å²) in [6, 6.07) is 13.5. The smallest absolute Gasteiger partial charge is 0.276 e. The Morgan fingerprint density at radius 2 is 1.95 bits per heavy atom. The predicted molar refractivity (Wildman–Crippen MR) is 143 cm³/mol. The molecule has 0 aliphatic carbocycles. The zero-order valence-corrected chi connectivity index (χ0v) is 21.0. The van der Waals surface area contributed by atoms with Crippen molar-refractivity contribution in [1.82, 2.24) is 14.8 Å². The van der Waals surface area contributed by atoms with Gasteiger partial charge in [-0.1, -0.05) is 12.1 Å². The Morgan fingerprint density at radius 3 is 2.67 bits per heavy atom. The van der Waals surface area contributed by atoms with Crippen LogP contribution >= 0.6 is 0 Å². The van der Waals surface area contributed by atoms with Crippen LogP contribution in [-0.4, -0.2) is 51.0 Å². The molecule has 0 radical (unpaired) electrons. The second-order valence-corrected chi connectivity index (χ2v) is 9.24. The van der Waals surface area contributed by atoms with Crippen molar-refractivity contribution >= 4 is 17.3 Å². The van der Waals surface area contributed by atoms with Crippen LogP contribution in [0.4, 0.5) is 20.2 Å². The molecule has 0 bridgehead atoms. The van der Waals surface area contributed by atoms with E-state index in [1.54, 1.807) is 30.5 Å². The number of para-hydroxylation sites is 1. The SMILES string of the molecule is N#Cc1ccncc1-c1ccc(NC(=O)c2ccc(=O)n(-c3c(F)cccc3F)n2)c(N2C[C@H](N)C[C@H]2CO)c1. The number of benzene rings is 2. The zero-order valence-electron chi connectivity index (χ0n) is 21.0. The number of rotatable bonds is 6. The Morgan fingerprint density at radius 1 is 1.18 bits per heavy atom. The fraction of sp³-hybridized carbons (Fsp3) is 0.179. The van der Waals surface area contributed by atoms with Gasteiger partial charge in [-0.05, 0) is 48.4 Å². The van der Waals surface area contributed by atoms with E-state index in [0.29, 0.717) is 45.7 Å². The number of carbonyl (C=O) groups is 1. The first-order chi connectivity index (χ1) is 19.3. The minimum absolute atomic E-state index is 0.178. The molecule has 5 rings (SSSR count). The van der Waals surface area contributed by atoms with Gasteiger partial charge in [-0.15, -0.1) is 0 Å². The highest BCUT2D eigenvalue weighted by Gasteiger charge is 2.32. The third kappa shape index (κ3) is 5.03. The lowest BCUT2D eigenvalue weighted by atomic mass is 10.0. The van der Waals surface area contributed by atoms with Crippen LogP contribution in [0.15, 0.2) is 71.8 Å². The van der Waals surface area contributed by atoms with E-state index in [9.17, 15) is 28.7 Å². The van der Waals surface area contributed by atoms with Crippen molar-refractivity contribution < 1.29 is 18.7 Å². The van der Waals surface area contributed by atoms with Crippen molar-refractivity contribution in [2.75, 3.05) is 23.4 Å². The molecule has 1 fully saturated rings. The number of amides is 1. The number of carbonyl (C=O) groups excluding carboxylic acids is 1. The highest BCUT2D eigenvalue weighted by Crippen LogP contribution is 2.36. The van der Waals surface area contributed by atoms with E-state index in [1.807, 2.05) is 4.90 Å². The highest BCUT2D eigenvalue weighted by molar-refractivity contribution is 6.05. The molecule has 3 heterocycles. The van der Waals surface area contributed by atoms with Crippen molar-refractivity contribution in [3.8, 4) is 22.9 Å². The lowest BCUT2D eigenvalue weighted by Gasteiger charge is -2.28. The molecule has 10 nitrogen and oxygen atoms in total. The molecule has 1 saturated heterocycles. The molecular formula is C28H23F2N7O3. The van der Waals surface area contributed by atoms with Crippen molar-refractivity contribution in [3.05, 3.63) is 100 Å². The Kier molecular flexibility index (Phi) is 7.33. The first-order valence-corrected chi connectivity index (χ1v) is 12.3. The number of nitrogens with zero attached hydrogens (tertiary/aromatic N) is 5. The van der Waals surface area contributed by atoms with Crippen molar-refractivity contribution in [1.29, 1.82) is 5.26 Å². The van der Waals surface area contributed by atoms with Crippen LogP contribution < -0.4 is 21.5 Å². The highest BCUT2D eigenvalue weighted by atomic mass is 19.1. The first kappa shape index (κ1) is 26.6. The normalized spacial score (nSPS) is 16.5. The number of nitrogens with two attached hydrogens (primary N) is 1. The molecule has 2 aromatic heterocycles. The maximum Gasteiger partial charge on any atom is 0.276 e. The van der Waals surface area contributed by atoms with Gasteiger partial charge in [0.25, 0.3) is 11.5 Å². The topological polar surface area (TPSA) is 150 Å². The number of anilines is 2. The van der Waals surface area contributed by atoms with Crippen LogP contribution in [0.3, 0.4) is 0 Å². The summed E-state index contributed by atoms with van der Waals surface area (Å²) in [5, 5.41) is 26.2. The summed E-state index contributed by atoms with van der Waals surface area (Å²) in [5.41, 5.74) is 6.87. The molecule has 1 aliphatic rings. The average Bonchev–Trinajstić information content (AvgIpc) is 3.34. The number of nitrogens with one attached hydrogen (secondary N) is 1. The van der Waals surface area contributed by atoms with E-state index >= 15 is 0 Å². The van der Waals surface area contributed by atoms with Gasteiger partial charge in [-0.25, -0.2) is 8.78 Å². The summed E-state index contributed by atoms with van der Waals surface area (Å²) >= 11 is 0. The van der Waals surface area contributed by atoms with E-state index in [0.717, 1.165) is 30.3 Å². The Hall–Kier alpha value is -4.99. The largest absolute Gasteiger partial charge is 0.394 e. The predicted octanol–water partition coefficient (Wildman–Crippen LogP) is 2.59. The van der Waals surface area contributed by atoms with E-state index in [4.69, 9.17) is 5.73 Å². The number of aliphatic hydroxyl groups is 1. The molecule has 1 amide bonds. The number of aliphatic hydroxyl groups excluding tert-OH is 1. The van der Waals surface area contributed by atoms with Crippen molar-refractivity contribution in [2.45, 2.75) is 18.5 Å². The maximum atomic E-state index is 14.4. The second kappa shape index (κ2) is 11.0. The molecule has 0 saturated carbocycles. The summed E-state index contributed by atoms with van der Waals surface area (Å²) in [7, 11) is 0. The van der Waals surface area contributed by atoms with Gasteiger partial charge in [-0.2, -0.15) is 15.0 Å². The quantitative estimate of drug-likeness (QED) is 0.336. The molecule has 40 heavy (non-hydrogen) atoms. The average molecular weight is 544 g/mol. The lowest BCUT2D eigenvalue weighted by Crippen LogP contribution is -2.34. The van der Waals surface area contributed by atoms with Crippen LogP contribution in [0, 0.1) is 23.0 Å². The lowest BCUT2D eigenvalue weighted by molar-refractivity contribution is 0.102. The molecule has 0 spiro atoms. The van der Waals surface area contributed by atoms with Crippen LogP contribution in [0.5, 0.6) is 0 Å². The fourth-order valence-electron chi connectivity index (χ4n) is 4.76. The Bertz CT molecular complexity index is 1680. The van der Waals surface area contributed by atoms with Gasteiger partial charge in [0, 0.05) is 36.6 Å². The van der Waals surface area contributed by atoms with Crippen LogP contribution in [0.1, 0.15) is 22.5 Å². The Labute approximate surface area is 226 Å². The monoisotopic (exact) mass is 543 g/mol. The minimum atomic E-state index is -1.02.